The van der Waals surface area contributed by atoms with Crippen LogP contribution < -0.4 is 5.32 Å². The highest BCUT2D eigenvalue weighted by molar-refractivity contribution is 5.81. The van der Waals surface area contributed by atoms with Gasteiger partial charge in [-0.15, -0.1) is 0 Å². The van der Waals surface area contributed by atoms with Gasteiger partial charge in [-0.2, -0.15) is 0 Å². The van der Waals surface area contributed by atoms with E-state index in [0.29, 0.717) is 18.9 Å². The van der Waals surface area contributed by atoms with E-state index < -0.39 is 0 Å². The predicted molar refractivity (Wildman–Crippen MR) is 63.2 cm³/mol. The summed E-state index contributed by atoms with van der Waals surface area (Å²) in [5, 5.41) is 2.79. The van der Waals surface area contributed by atoms with Gasteiger partial charge in [0.05, 0.1) is 6.42 Å². The molecule has 2 rings (SSSR count). The molecule has 0 aromatic heterocycles. The summed E-state index contributed by atoms with van der Waals surface area (Å²) >= 11 is 0. The largest absolute Gasteiger partial charge is 0.462 e. The number of amides is 1. The molecular weight excluding hydrogens is 218 g/mol. The van der Waals surface area contributed by atoms with E-state index in [4.69, 9.17) is 4.74 Å². The fraction of sp³-hybridized carbons (Fsp3) is 0.846. The Balaban J connectivity index is 1.55. The molecule has 1 amide bonds. The number of nitrogens with one attached hydrogen (secondary N) is 1. The predicted octanol–water partition coefficient (Wildman–Crippen LogP) is 1.63. The lowest BCUT2D eigenvalue weighted by atomic mass is 10.3. The van der Waals surface area contributed by atoms with Crippen LogP contribution in [0.25, 0.3) is 0 Å². The summed E-state index contributed by atoms with van der Waals surface area (Å²) in [6.07, 6.45) is 5.72. The van der Waals surface area contributed by atoms with Gasteiger partial charge < -0.3 is 10.1 Å². The second-order valence-corrected chi connectivity index (χ2v) is 5.26. The molecule has 0 aromatic carbocycles. The number of esters is 1. The van der Waals surface area contributed by atoms with Crippen LogP contribution >= 0.6 is 0 Å². The first-order valence-electron chi connectivity index (χ1n) is 6.64. The van der Waals surface area contributed by atoms with Crippen molar-refractivity contribution in [3.05, 3.63) is 0 Å². The molecule has 1 N–H and O–H groups in total. The lowest BCUT2D eigenvalue weighted by Crippen LogP contribution is -2.28. The third-order valence-corrected chi connectivity index (χ3v) is 3.67. The zero-order chi connectivity index (χ0) is 12.3. The quantitative estimate of drug-likeness (QED) is 0.742. The Morgan fingerprint density at radius 1 is 1.29 bits per heavy atom. The van der Waals surface area contributed by atoms with Gasteiger partial charge in [-0.05, 0) is 38.0 Å². The lowest BCUT2D eigenvalue weighted by molar-refractivity contribution is -0.148. The fourth-order valence-corrected chi connectivity index (χ4v) is 2.36. The van der Waals surface area contributed by atoms with Crippen molar-refractivity contribution in [2.75, 3.05) is 6.54 Å². The molecule has 0 aliphatic heterocycles. The van der Waals surface area contributed by atoms with E-state index in [-0.39, 0.29) is 23.9 Å². The average molecular weight is 239 g/mol. The first kappa shape index (κ1) is 12.4. The molecule has 0 aromatic rings. The van der Waals surface area contributed by atoms with Crippen LogP contribution in [0.2, 0.25) is 0 Å². The maximum Gasteiger partial charge on any atom is 0.307 e. The van der Waals surface area contributed by atoms with E-state index in [0.717, 1.165) is 32.1 Å². The molecule has 0 bridgehead atoms. The molecule has 2 aliphatic rings. The van der Waals surface area contributed by atoms with Crippen molar-refractivity contribution in [3.8, 4) is 0 Å². The Hall–Kier alpha value is -1.06. The molecule has 0 heterocycles. The minimum absolute atomic E-state index is 0.0890. The summed E-state index contributed by atoms with van der Waals surface area (Å²) in [5.41, 5.74) is 0. The first-order chi connectivity index (χ1) is 8.16. The Kier molecular flexibility index (Phi) is 4.02. The molecule has 0 radical (unpaired) electrons. The van der Waals surface area contributed by atoms with Crippen molar-refractivity contribution in [2.24, 2.45) is 11.8 Å². The maximum absolute atomic E-state index is 11.5. The summed E-state index contributed by atoms with van der Waals surface area (Å²) < 4.78 is 5.30. The molecule has 0 spiro atoms. The van der Waals surface area contributed by atoms with Crippen LogP contribution in [0.1, 0.15) is 45.4 Å². The number of carbonyl (C=O) groups is 2. The Morgan fingerprint density at radius 3 is 2.53 bits per heavy atom. The molecule has 4 heteroatoms. The maximum atomic E-state index is 11.5. The van der Waals surface area contributed by atoms with Crippen LogP contribution in [-0.4, -0.2) is 24.5 Å². The van der Waals surface area contributed by atoms with Crippen molar-refractivity contribution < 1.29 is 14.3 Å². The van der Waals surface area contributed by atoms with Gasteiger partial charge in [0.25, 0.3) is 0 Å². The van der Waals surface area contributed by atoms with E-state index in [1.165, 1.54) is 0 Å². The summed E-state index contributed by atoms with van der Waals surface area (Å²) in [6, 6.07) is 0. The van der Waals surface area contributed by atoms with E-state index in [9.17, 15) is 9.59 Å². The number of hydrogen-bond acceptors (Lipinski definition) is 3. The van der Waals surface area contributed by atoms with Gasteiger partial charge in [0.2, 0.25) is 5.91 Å². The number of rotatable bonds is 5. The number of ether oxygens (including phenoxy) is 1. The van der Waals surface area contributed by atoms with Crippen molar-refractivity contribution in [2.45, 2.75) is 51.6 Å². The van der Waals surface area contributed by atoms with Gasteiger partial charge >= 0.3 is 5.97 Å². The fourth-order valence-electron chi connectivity index (χ4n) is 2.36. The van der Waals surface area contributed by atoms with E-state index in [2.05, 4.69) is 12.2 Å². The Labute approximate surface area is 102 Å². The highest BCUT2D eigenvalue weighted by Gasteiger charge is 2.38. The normalized spacial score (nSPS) is 27.8. The smallest absolute Gasteiger partial charge is 0.307 e. The average Bonchev–Trinajstić information content (AvgIpc) is 2.80. The summed E-state index contributed by atoms with van der Waals surface area (Å²) in [4.78, 5) is 22.9. The molecule has 2 saturated carbocycles. The van der Waals surface area contributed by atoms with E-state index >= 15 is 0 Å². The van der Waals surface area contributed by atoms with Gasteiger partial charge in [-0.25, -0.2) is 0 Å². The molecule has 17 heavy (non-hydrogen) atoms. The molecule has 2 fully saturated rings. The van der Waals surface area contributed by atoms with Crippen molar-refractivity contribution in [1.29, 1.82) is 0 Å². The molecule has 2 aliphatic carbocycles. The third kappa shape index (κ3) is 3.72. The van der Waals surface area contributed by atoms with Crippen LogP contribution in [0.5, 0.6) is 0 Å². The molecule has 96 valence electrons. The van der Waals surface area contributed by atoms with Crippen LogP contribution in [0.4, 0.5) is 0 Å². The monoisotopic (exact) mass is 239 g/mol. The zero-order valence-electron chi connectivity index (χ0n) is 10.4. The van der Waals surface area contributed by atoms with Crippen LogP contribution in [-0.2, 0) is 14.3 Å². The number of carbonyl (C=O) groups excluding carboxylic acids is 2. The van der Waals surface area contributed by atoms with Gasteiger partial charge in [0.15, 0.2) is 0 Å². The molecular formula is C13H21NO3. The van der Waals surface area contributed by atoms with Crippen molar-refractivity contribution >= 4 is 11.9 Å². The van der Waals surface area contributed by atoms with Gasteiger partial charge in [-0.3, -0.25) is 9.59 Å². The van der Waals surface area contributed by atoms with Crippen LogP contribution in [0, 0.1) is 11.8 Å². The van der Waals surface area contributed by atoms with Crippen molar-refractivity contribution in [1.82, 2.24) is 5.32 Å². The summed E-state index contributed by atoms with van der Waals surface area (Å²) in [5.74, 6) is 0.605. The van der Waals surface area contributed by atoms with Crippen molar-refractivity contribution in [3.63, 3.8) is 0 Å². The Bertz CT molecular complexity index is 297. The van der Waals surface area contributed by atoms with Crippen LogP contribution in [0.15, 0.2) is 0 Å². The Morgan fingerprint density at radius 2 is 1.94 bits per heavy atom. The highest BCUT2D eigenvalue weighted by Crippen LogP contribution is 2.37. The molecule has 0 saturated heterocycles. The second-order valence-electron chi connectivity index (χ2n) is 5.26. The van der Waals surface area contributed by atoms with E-state index in [1.54, 1.807) is 0 Å². The zero-order valence-corrected chi connectivity index (χ0v) is 10.4. The summed E-state index contributed by atoms with van der Waals surface area (Å²) in [7, 11) is 0. The van der Waals surface area contributed by atoms with Gasteiger partial charge in [0.1, 0.15) is 6.10 Å². The van der Waals surface area contributed by atoms with Gasteiger partial charge in [-0.1, -0.05) is 6.92 Å². The number of hydrogen-bond donors (Lipinski definition) is 1. The SMILES string of the molecule is C[C@@H]1C[C@@H]1C(=O)NCCC(=O)OC1CCCC1. The molecule has 4 nitrogen and oxygen atoms in total. The molecule has 2 atom stereocenters. The van der Waals surface area contributed by atoms with E-state index in [1.807, 2.05) is 0 Å². The molecule has 0 unspecified atom stereocenters. The minimum Gasteiger partial charge on any atom is -0.462 e. The minimum atomic E-state index is -0.180. The lowest BCUT2D eigenvalue weighted by Gasteiger charge is -2.11. The highest BCUT2D eigenvalue weighted by atomic mass is 16.5. The topological polar surface area (TPSA) is 55.4 Å². The summed E-state index contributed by atoms with van der Waals surface area (Å²) in [6.45, 7) is 2.48. The second kappa shape index (κ2) is 5.52. The van der Waals surface area contributed by atoms with Crippen LogP contribution in [0.3, 0.4) is 0 Å². The first-order valence-corrected chi connectivity index (χ1v) is 6.64. The third-order valence-electron chi connectivity index (χ3n) is 3.67. The van der Waals surface area contributed by atoms with Gasteiger partial charge in [0, 0.05) is 12.5 Å². The standard InChI is InChI=1S/C13H21NO3/c1-9-8-11(9)13(16)14-7-6-12(15)17-10-4-2-3-5-10/h9-11H,2-8H2,1H3,(H,14,16)/t9-,11+/m1/s1.